The smallest absolute Gasteiger partial charge is 0.463 e. The van der Waals surface area contributed by atoms with Crippen LogP contribution in [0.2, 0.25) is 0 Å². The van der Waals surface area contributed by atoms with Gasteiger partial charge in [-0.25, -0.2) is 9.36 Å². The summed E-state index contributed by atoms with van der Waals surface area (Å²) in [6.07, 6.45) is 13.2. The van der Waals surface area contributed by atoms with Crippen molar-refractivity contribution in [3.8, 4) is 0 Å². The Balaban J connectivity index is 1.75. The van der Waals surface area contributed by atoms with Crippen molar-refractivity contribution in [2.24, 2.45) is 5.92 Å². The van der Waals surface area contributed by atoms with Gasteiger partial charge in [0.25, 0.3) is 0 Å². The van der Waals surface area contributed by atoms with Crippen LogP contribution < -0.4 is 0 Å². The quantitative estimate of drug-likeness (QED) is 0.00673. The number of carbonyl (C=O) groups excluding carboxylic acids is 3. The van der Waals surface area contributed by atoms with E-state index < -0.39 is 156 Å². The average Bonchev–Trinajstić information content (AvgIpc) is 0.762. The molecule has 0 aromatic rings. The van der Waals surface area contributed by atoms with Crippen molar-refractivity contribution < 1.29 is 117 Å². The standard InChI is InChI=1S/C73H133O24P/c1-5-8-11-14-17-19-21-23-24-25-27-28-30-36-41-46-57(75)89-50-54(92-59(77)48-43-38-31-29-26-22-20-18-15-12-9-6-2)51-91-98(87,88)97-71-69(95-72-67(85)62(80)60(78)55(49-74)93-72)65(83)64(82)66(84)70(71)96-73-68(86)63(81)61(79)56(94-73)52-90-58(76)47-42-37-33-32-35-40-45-53(4)44-39-34-16-13-10-7-3/h30,36,41,46,53-56,60-74,78-86H,5-29,31-35,37-40,42-45,47-52H2,1-4H3,(H,87,88)/b36-30+,46-41+. The Bertz CT molecular complexity index is 2140. The highest BCUT2D eigenvalue weighted by Gasteiger charge is 2.58. The van der Waals surface area contributed by atoms with E-state index in [2.05, 4.69) is 27.7 Å². The lowest BCUT2D eigenvalue weighted by atomic mass is 9.84. The number of carbonyl (C=O) groups is 3. The fourth-order valence-electron chi connectivity index (χ4n) is 12.7. The Kier molecular flexibility index (Phi) is 49.5. The van der Waals surface area contributed by atoms with Crippen LogP contribution in [0, 0.1) is 5.92 Å². The third-order valence-electron chi connectivity index (χ3n) is 19.0. The predicted octanol–water partition coefficient (Wildman–Crippen LogP) is 10.4. The van der Waals surface area contributed by atoms with Crippen molar-refractivity contribution in [1.29, 1.82) is 0 Å². The Morgan fingerprint density at radius 3 is 1.31 bits per heavy atom. The van der Waals surface area contributed by atoms with E-state index >= 15 is 0 Å². The van der Waals surface area contributed by atoms with Gasteiger partial charge in [0.05, 0.1) is 13.2 Å². The van der Waals surface area contributed by atoms with Crippen molar-refractivity contribution in [1.82, 2.24) is 0 Å². The van der Waals surface area contributed by atoms with Crippen LogP contribution in [0.4, 0.5) is 0 Å². The van der Waals surface area contributed by atoms with Crippen LogP contribution in [-0.2, 0) is 61.2 Å². The van der Waals surface area contributed by atoms with Gasteiger partial charge in [-0.15, -0.1) is 0 Å². The zero-order chi connectivity index (χ0) is 71.9. The molecule has 0 amide bonds. The minimum absolute atomic E-state index is 0.0262. The molecule has 3 rings (SSSR count). The minimum Gasteiger partial charge on any atom is -0.463 e. The van der Waals surface area contributed by atoms with E-state index in [0.717, 1.165) is 96.0 Å². The molecule has 0 aromatic carbocycles. The molecule has 19 atom stereocenters. The number of phosphoric acid groups is 1. The summed E-state index contributed by atoms with van der Waals surface area (Å²) in [6.45, 7) is 5.64. The van der Waals surface area contributed by atoms with Gasteiger partial charge in [-0.1, -0.05) is 264 Å². The SMILES string of the molecule is CCCCCCCCCCCCC/C=C/C=C/C(=O)OCC(COP(=O)(O)OC1C(OC2OC(CO)C(O)C(O)C2O)C(O)C(O)C(O)C1OC1OC(COC(=O)CCCCCCCCC(C)CCCCCCCC)C(O)C(O)C1O)OC(=O)CCCCCCCCCCCCCC. The number of aliphatic hydroxyl groups excluding tert-OH is 10. The number of rotatable bonds is 58. The summed E-state index contributed by atoms with van der Waals surface area (Å²) in [6, 6.07) is 0. The Labute approximate surface area is 585 Å². The monoisotopic (exact) mass is 1420 g/mol. The van der Waals surface area contributed by atoms with Crippen LogP contribution in [0.1, 0.15) is 285 Å². The second-order valence-corrected chi connectivity index (χ2v) is 29.1. The average molecular weight is 1430 g/mol. The first-order valence-electron chi connectivity index (χ1n) is 38.1. The lowest BCUT2D eigenvalue weighted by Gasteiger charge is -2.49. The van der Waals surface area contributed by atoms with E-state index in [0.29, 0.717) is 18.8 Å². The molecule has 24 nitrogen and oxygen atoms in total. The van der Waals surface area contributed by atoms with Crippen LogP contribution >= 0.6 is 7.82 Å². The van der Waals surface area contributed by atoms with Gasteiger partial charge in [-0.2, -0.15) is 0 Å². The normalized spacial score (nSPS) is 28.1. The summed E-state index contributed by atoms with van der Waals surface area (Å²) in [4.78, 5) is 50.9. The fourth-order valence-corrected chi connectivity index (χ4v) is 13.6. The molecule has 574 valence electrons. The Morgan fingerprint density at radius 1 is 0.449 bits per heavy atom. The molecule has 1 saturated carbocycles. The summed E-state index contributed by atoms with van der Waals surface area (Å²) < 4.78 is 64.8. The van der Waals surface area contributed by atoms with Gasteiger partial charge >= 0.3 is 25.7 Å². The maximum Gasteiger partial charge on any atom is 0.472 e. The lowest BCUT2D eigenvalue weighted by Crippen LogP contribution is -2.69. The Hall–Kier alpha value is -2.56. The molecular weight excluding hydrogens is 1290 g/mol. The molecule has 0 bridgehead atoms. The first-order valence-corrected chi connectivity index (χ1v) is 39.5. The molecule has 0 spiro atoms. The molecular formula is C73H133O24P. The van der Waals surface area contributed by atoms with E-state index in [1.54, 1.807) is 6.08 Å². The van der Waals surface area contributed by atoms with Crippen molar-refractivity contribution >= 4 is 25.7 Å². The van der Waals surface area contributed by atoms with Crippen molar-refractivity contribution in [3.63, 3.8) is 0 Å². The Morgan fingerprint density at radius 2 is 0.847 bits per heavy atom. The van der Waals surface area contributed by atoms with Crippen molar-refractivity contribution in [2.45, 2.75) is 389 Å². The van der Waals surface area contributed by atoms with Gasteiger partial charge in [-0.05, 0) is 31.6 Å². The van der Waals surface area contributed by atoms with Crippen molar-refractivity contribution in [3.05, 3.63) is 24.3 Å². The highest BCUT2D eigenvalue weighted by atomic mass is 31.2. The van der Waals surface area contributed by atoms with Crippen molar-refractivity contribution in [2.75, 3.05) is 26.4 Å². The molecule has 2 aliphatic heterocycles. The summed E-state index contributed by atoms with van der Waals surface area (Å²) in [7, 11) is -5.71. The van der Waals surface area contributed by atoms with Crippen LogP contribution in [0.15, 0.2) is 24.3 Å². The van der Waals surface area contributed by atoms with Crippen LogP contribution in [0.5, 0.6) is 0 Å². The van der Waals surface area contributed by atoms with Gasteiger partial charge < -0.3 is 89.1 Å². The first kappa shape index (κ1) is 89.7. The number of hydrogen-bond acceptors (Lipinski definition) is 23. The summed E-state index contributed by atoms with van der Waals surface area (Å²) in [5.41, 5.74) is 0. The highest BCUT2D eigenvalue weighted by molar-refractivity contribution is 7.47. The fraction of sp³-hybridized carbons (Fsp3) is 0.904. The third-order valence-corrected chi connectivity index (χ3v) is 20.0. The number of esters is 3. The number of aliphatic hydroxyl groups is 10. The number of ether oxygens (including phenoxy) is 7. The highest BCUT2D eigenvalue weighted by Crippen LogP contribution is 2.49. The topological polar surface area (TPSA) is 374 Å². The van der Waals surface area contributed by atoms with E-state index in [1.165, 1.54) is 147 Å². The zero-order valence-corrected chi connectivity index (χ0v) is 60.9. The van der Waals surface area contributed by atoms with Crippen LogP contribution in [0.25, 0.3) is 0 Å². The summed E-state index contributed by atoms with van der Waals surface area (Å²) >= 11 is 0. The number of hydrogen-bond donors (Lipinski definition) is 11. The van der Waals surface area contributed by atoms with Gasteiger partial charge in [0.15, 0.2) is 18.7 Å². The van der Waals surface area contributed by atoms with E-state index in [-0.39, 0.29) is 12.8 Å². The summed E-state index contributed by atoms with van der Waals surface area (Å²) in [5.74, 6) is -1.55. The van der Waals surface area contributed by atoms with Gasteiger partial charge in [0.2, 0.25) is 0 Å². The molecule has 11 N–H and O–H groups in total. The number of allylic oxidation sites excluding steroid dienone is 3. The van der Waals surface area contributed by atoms with Crippen LogP contribution in [-0.4, -0.2) is 204 Å². The molecule has 2 saturated heterocycles. The molecule has 2 heterocycles. The molecule has 1 aliphatic carbocycles. The minimum atomic E-state index is -5.71. The second kappa shape index (κ2) is 54.1. The molecule has 3 aliphatic rings. The predicted molar refractivity (Wildman–Crippen MR) is 370 cm³/mol. The zero-order valence-electron chi connectivity index (χ0n) is 60.0. The largest absolute Gasteiger partial charge is 0.472 e. The van der Waals surface area contributed by atoms with Gasteiger partial charge in [0, 0.05) is 18.9 Å². The lowest BCUT2D eigenvalue weighted by molar-refractivity contribution is -0.360. The molecule has 0 aromatic heterocycles. The maximum atomic E-state index is 14.3. The van der Waals surface area contributed by atoms with E-state index in [4.69, 9.17) is 42.2 Å². The number of unbranched alkanes of at least 4 members (excludes halogenated alkanes) is 32. The third kappa shape index (κ3) is 37.2. The molecule has 0 radical (unpaired) electrons. The molecule has 3 fully saturated rings. The summed E-state index contributed by atoms with van der Waals surface area (Å²) in [5, 5.41) is 110. The molecule has 98 heavy (non-hydrogen) atoms. The van der Waals surface area contributed by atoms with Gasteiger partial charge in [0.1, 0.15) is 98.7 Å². The second-order valence-electron chi connectivity index (χ2n) is 27.7. The molecule has 25 heteroatoms. The van der Waals surface area contributed by atoms with Gasteiger partial charge in [-0.3, -0.25) is 18.6 Å². The molecule has 19 unspecified atom stereocenters. The van der Waals surface area contributed by atoms with E-state index in [1.807, 2.05) is 6.08 Å². The first-order chi connectivity index (χ1) is 47.2. The maximum absolute atomic E-state index is 14.3. The number of phosphoric ester groups is 1. The van der Waals surface area contributed by atoms with E-state index in [9.17, 15) is 74.9 Å². The van der Waals surface area contributed by atoms with Crippen LogP contribution in [0.3, 0.4) is 0 Å².